The van der Waals surface area contributed by atoms with Gasteiger partial charge in [0, 0.05) is 13.1 Å². The summed E-state index contributed by atoms with van der Waals surface area (Å²) < 4.78 is 11.2. The molecule has 1 amide bonds. The van der Waals surface area contributed by atoms with Crippen molar-refractivity contribution in [2.75, 3.05) is 26.2 Å². The van der Waals surface area contributed by atoms with Gasteiger partial charge in [0.2, 0.25) is 0 Å². The fourth-order valence-electron chi connectivity index (χ4n) is 2.04. The number of nitrogens with one attached hydrogen (secondary N) is 2. The van der Waals surface area contributed by atoms with E-state index in [2.05, 4.69) is 10.6 Å². The molecule has 0 radical (unpaired) electrons. The maximum absolute atomic E-state index is 11.6. The molecule has 2 aromatic rings. The van der Waals surface area contributed by atoms with Crippen LogP contribution < -0.4 is 20.1 Å². The number of hydrogen-bond acceptors (Lipinski definition) is 4. The Morgan fingerprint density at radius 1 is 0.920 bits per heavy atom. The first-order valence-electron chi connectivity index (χ1n) is 8.15. The van der Waals surface area contributed by atoms with Crippen molar-refractivity contribution in [2.45, 2.75) is 13.5 Å². The molecule has 0 spiro atoms. The third kappa shape index (κ3) is 8.42. The highest BCUT2D eigenvalue weighted by Crippen LogP contribution is 2.18. The second-order valence-electron chi connectivity index (χ2n) is 5.24. The highest BCUT2D eigenvalue weighted by molar-refractivity contribution is 5.85. The fourth-order valence-corrected chi connectivity index (χ4v) is 2.04. The smallest absolute Gasteiger partial charge is 0.257 e. The minimum absolute atomic E-state index is 0. The van der Waals surface area contributed by atoms with Gasteiger partial charge < -0.3 is 20.1 Å². The summed E-state index contributed by atoms with van der Waals surface area (Å²) in [5.74, 6) is 1.28. The number of carbonyl (C=O) groups excluding carboxylic acids is 1. The largest absolute Gasteiger partial charge is 0.489 e. The molecule has 0 unspecified atom stereocenters. The monoisotopic (exact) mass is 364 g/mol. The molecule has 0 aliphatic heterocycles. The average molecular weight is 365 g/mol. The van der Waals surface area contributed by atoms with Crippen LogP contribution in [0.3, 0.4) is 0 Å². The van der Waals surface area contributed by atoms with Crippen LogP contribution >= 0.6 is 12.4 Å². The Balaban J connectivity index is 0.00000312. The summed E-state index contributed by atoms with van der Waals surface area (Å²) in [6, 6.07) is 17.3. The normalized spacial score (nSPS) is 9.80. The van der Waals surface area contributed by atoms with Gasteiger partial charge >= 0.3 is 0 Å². The van der Waals surface area contributed by atoms with Crippen LogP contribution in [0.25, 0.3) is 0 Å². The van der Waals surface area contributed by atoms with Crippen LogP contribution in [0.4, 0.5) is 0 Å². The summed E-state index contributed by atoms with van der Waals surface area (Å²) in [6.07, 6.45) is 0. The van der Waals surface area contributed by atoms with Gasteiger partial charge in [-0.1, -0.05) is 37.3 Å². The molecular formula is C19H25ClN2O3. The van der Waals surface area contributed by atoms with E-state index < -0.39 is 0 Å². The van der Waals surface area contributed by atoms with Crippen molar-refractivity contribution < 1.29 is 14.3 Å². The minimum Gasteiger partial charge on any atom is -0.489 e. The van der Waals surface area contributed by atoms with Crippen molar-refractivity contribution in [2.24, 2.45) is 0 Å². The lowest BCUT2D eigenvalue weighted by atomic mass is 10.2. The van der Waals surface area contributed by atoms with Crippen LogP contribution in [0.5, 0.6) is 11.5 Å². The maximum atomic E-state index is 11.6. The lowest BCUT2D eigenvalue weighted by molar-refractivity contribution is -0.123. The molecule has 0 saturated heterocycles. The van der Waals surface area contributed by atoms with E-state index in [0.29, 0.717) is 18.9 Å². The van der Waals surface area contributed by atoms with E-state index in [9.17, 15) is 4.79 Å². The zero-order valence-corrected chi connectivity index (χ0v) is 15.2. The molecule has 2 N–H and O–H groups in total. The van der Waals surface area contributed by atoms with Crippen LogP contribution in [0.15, 0.2) is 54.6 Å². The molecule has 0 heterocycles. The zero-order chi connectivity index (χ0) is 17.0. The van der Waals surface area contributed by atoms with Crippen LogP contribution in [-0.2, 0) is 11.4 Å². The van der Waals surface area contributed by atoms with Crippen LogP contribution in [0, 0.1) is 0 Å². The Hall–Kier alpha value is -2.24. The summed E-state index contributed by atoms with van der Waals surface area (Å²) in [5, 5.41) is 5.92. The van der Waals surface area contributed by atoms with Gasteiger partial charge in [0.05, 0.1) is 0 Å². The number of benzene rings is 2. The number of rotatable bonds is 10. The molecule has 0 saturated carbocycles. The lowest BCUT2D eigenvalue weighted by Gasteiger charge is -2.09. The van der Waals surface area contributed by atoms with Crippen molar-refractivity contribution in [1.82, 2.24) is 10.6 Å². The van der Waals surface area contributed by atoms with E-state index in [1.165, 1.54) is 0 Å². The molecule has 6 heteroatoms. The van der Waals surface area contributed by atoms with Gasteiger partial charge in [0.15, 0.2) is 6.61 Å². The average Bonchev–Trinajstić information content (AvgIpc) is 2.63. The van der Waals surface area contributed by atoms with Crippen molar-refractivity contribution in [3.63, 3.8) is 0 Å². The molecular weight excluding hydrogens is 340 g/mol. The quantitative estimate of drug-likeness (QED) is 0.636. The van der Waals surface area contributed by atoms with E-state index in [1.54, 1.807) is 12.1 Å². The van der Waals surface area contributed by atoms with Gasteiger partial charge in [0.1, 0.15) is 18.1 Å². The van der Waals surface area contributed by atoms with Crippen molar-refractivity contribution in [3.8, 4) is 11.5 Å². The Bertz CT molecular complexity index is 606. The summed E-state index contributed by atoms with van der Waals surface area (Å²) in [4.78, 5) is 11.6. The molecule has 5 nitrogen and oxygen atoms in total. The fraction of sp³-hybridized carbons (Fsp3) is 0.316. The van der Waals surface area contributed by atoms with E-state index in [0.717, 1.165) is 24.4 Å². The van der Waals surface area contributed by atoms with E-state index in [-0.39, 0.29) is 24.9 Å². The van der Waals surface area contributed by atoms with Gasteiger partial charge in [-0.15, -0.1) is 12.4 Å². The summed E-state index contributed by atoms with van der Waals surface area (Å²) in [5.41, 5.74) is 1.12. The van der Waals surface area contributed by atoms with Gasteiger partial charge in [-0.3, -0.25) is 4.79 Å². The third-order valence-corrected chi connectivity index (χ3v) is 3.32. The summed E-state index contributed by atoms with van der Waals surface area (Å²) in [7, 11) is 0. The molecule has 0 fully saturated rings. The molecule has 136 valence electrons. The molecule has 0 aromatic heterocycles. The standard InChI is InChI=1S/C19H24N2O3.ClH/c1-2-20-12-13-21-19(22)15-24-18-10-8-17(9-11-18)23-14-16-6-4-3-5-7-16;/h3-11,20H,2,12-15H2,1H3,(H,21,22);1H. The summed E-state index contributed by atoms with van der Waals surface area (Å²) in [6.45, 7) is 4.81. The molecule has 0 atom stereocenters. The second-order valence-corrected chi connectivity index (χ2v) is 5.24. The zero-order valence-electron chi connectivity index (χ0n) is 14.4. The van der Waals surface area contributed by atoms with Gasteiger partial charge in [-0.2, -0.15) is 0 Å². The first kappa shape index (κ1) is 20.8. The molecule has 0 aliphatic rings. The second kappa shape index (κ2) is 12.2. The third-order valence-electron chi connectivity index (χ3n) is 3.32. The number of halogens is 1. The Kier molecular flexibility index (Phi) is 10.1. The van der Waals surface area contributed by atoms with E-state index in [4.69, 9.17) is 9.47 Å². The number of carbonyl (C=O) groups is 1. The number of likely N-dealkylation sites (N-methyl/N-ethyl adjacent to an activating group) is 1. The van der Waals surface area contributed by atoms with Crippen molar-refractivity contribution in [3.05, 3.63) is 60.2 Å². The topological polar surface area (TPSA) is 59.6 Å². The highest BCUT2D eigenvalue weighted by atomic mass is 35.5. The lowest BCUT2D eigenvalue weighted by Crippen LogP contribution is -2.34. The van der Waals surface area contributed by atoms with Gasteiger partial charge in [0.25, 0.3) is 5.91 Å². The first-order valence-corrected chi connectivity index (χ1v) is 8.15. The van der Waals surface area contributed by atoms with Crippen molar-refractivity contribution in [1.29, 1.82) is 0 Å². The summed E-state index contributed by atoms with van der Waals surface area (Å²) >= 11 is 0. The number of ether oxygens (including phenoxy) is 2. The van der Waals surface area contributed by atoms with Gasteiger partial charge in [-0.05, 0) is 36.4 Å². The Labute approximate surface area is 155 Å². The Morgan fingerprint density at radius 3 is 2.20 bits per heavy atom. The van der Waals surface area contributed by atoms with Gasteiger partial charge in [-0.25, -0.2) is 0 Å². The highest BCUT2D eigenvalue weighted by Gasteiger charge is 2.02. The van der Waals surface area contributed by atoms with E-state index >= 15 is 0 Å². The molecule has 0 aliphatic carbocycles. The van der Waals surface area contributed by atoms with Crippen molar-refractivity contribution >= 4 is 18.3 Å². The van der Waals surface area contributed by atoms with Crippen LogP contribution in [0.2, 0.25) is 0 Å². The molecule has 25 heavy (non-hydrogen) atoms. The molecule has 2 rings (SSSR count). The first-order chi connectivity index (χ1) is 11.8. The number of amides is 1. The number of hydrogen-bond donors (Lipinski definition) is 2. The van der Waals surface area contributed by atoms with Crippen LogP contribution in [0.1, 0.15) is 12.5 Å². The molecule has 2 aromatic carbocycles. The predicted molar refractivity (Wildman–Crippen MR) is 102 cm³/mol. The minimum atomic E-state index is -0.127. The SMILES string of the molecule is CCNCCNC(=O)COc1ccc(OCc2ccccc2)cc1.Cl. The maximum Gasteiger partial charge on any atom is 0.257 e. The predicted octanol–water partition coefficient (Wildman–Crippen LogP) is 2.79. The Morgan fingerprint density at radius 2 is 1.56 bits per heavy atom. The van der Waals surface area contributed by atoms with E-state index in [1.807, 2.05) is 49.4 Å². The van der Waals surface area contributed by atoms with Crippen LogP contribution in [-0.4, -0.2) is 32.1 Å². The molecule has 0 bridgehead atoms.